The van der Waals surface area contributed by atoms with Gasteiger partial charge in [-0.25, -0.2) is 8.42 Å². The van der Waals surface area contributed by atoms with Crippen molar-refractivity contribution in [2.24, 2.45) is 7.05 Å². The van der Waals surface area contributed by atoms with E-state index in [2.05, 4.69) is 9.82 Å². The van der Waals surface area contributed by atoms with Crippen molar-refractivity contribution in [2.75, 3.05) is 11.4 Å². The lowest BCUT2D eigenvalue weighted by atomic mass is 9.98. The third-order valence-electron chi connectivity index (χ3n) is 5.17. The Morgan fingerprint density at radius 1 is 1.19 bits per heavy atom. The molecular weight excluding hydrogens is 364 g/mol. The van der Waals surface area contributed by atoms with Crippen LogP contribution in [0.4, 0.5) is 5.82 Å². The van der Waals surface area contributed by atoms with Crippen LogP contribution in [0.3, 0.4) is 0 Å². The second kappa shape index (κ2) is 6.94. The van der Waals surface area contributed by atoms with Gasteiger partial charge in [-0.05, 0) is 42.9 Å². The Kier molecular flexibility index (Phi) is 4.61. The maximum absolute atomic E-state index is 12.9. The SMILES string of the molecule is Cn1nccc1N1CCC[C@@H](NS(=O)(=O)C2=Cc3ccccc3CC2)C1=O. The van der Waals surface area contributed by atoms with Gasteiger partial charge in [0, 0.05) is 19.7 Å². The number of sulfonamides is 1. The molecule has 0 bridgehead atoms. The van der Waals surface area contributed by atoms with Crippen molar-refractivity contribution in [1.82, 2.24) is 14.5 Å². The van der Waals surface area contributed by atoms with Crippen LogP contribution in [0.5, 0.6) is 0 Å². The maximum Gasteiger partial charge on any atom is 0.246 e. The molecule has 0 spiro atoms. The summed E-state index contributed by atoms with van der Waals surface area (Å²) in [6.07, 6.45) is 5.69. The molecule has 0 unspecified atom stereocenters. The summed E-state index contributed by atoms with van der Waals surface area (Å²) in [6, 6.07) is 8.79. The lowest BCUT2D eigenvalue weighted by Gasteiger charge is -2.32. The summed E-state index contributed by atoms with van der Waals surface area (Å²) in [5.74, 6) is 0.444. The number of nitrogens with zero attached hydrogens (tertiary/aromatic N) is 3. The highest BCUT2D eigenvalue weighted by molar-refractivity contribution is 7.93. The van der Waals surface area contributed by atoms with Gasteiger partial charge >= 0.3 is 0 Å². The van der Waals surface area contributed by atoms with Crippen molar-refractivity contribution in [1.29, 1.82) is 0 Å². The molecule has 27 heavy (non-hydrogen) atoms. The van der Waals surface area contributed by atoms with E-state index in [-0.39, 0.29) is 5.91 Å². The van der Waals surface area contributed by atoms with Gasteiger partial charge in [0.25, 0.3) is 0 Å². The standard InChI is InChI=1S/C19H22N4O3S/c1-22-18(10-11-20-22)23-12-4-7-17(19(23)24)21-27(25,26)16-9-8-14-5-2-3-6-15(14)13-16/h2-3,5-6,10-11,13,17,21H,4,7-9,12H2,1H3/t17-/m1/s1. The van der Waals surface area contributed by atoms with Crippen molar-refractivity contribution < 1.29 is 13.2 Å². The van der Waals surface area contributed by atoms with Gasteiger partial charge in [-0.2, -0.15) is 9.82 Å². The summed E-state index contributed by atoms with van der Waals surface area (Å²) < 4.78 is 30.1. The molecule has 142 valence electrons. The highest BCUT2D eigenvalue weighted by Gasteiger charge is 2.35. The average molecular weight is 386 g/mol. The van der Waals surface area contributed by atoms with E-state index in [1.165, 1.54) is 0 Å². The molecule has 1 amide bonds. The van der Waals surface area contributed by atoms with Crippen molar-refractivity contribution in [3.05, 3.63) is 52.6 Å². The zero-order valence-electron chi connectivity index (χ0n) is 15.1. The highest BCUT2D eigenvalue weighted by Crippen LogP contribution is 2.28. The fourth-order valence-corrected chi connectivity index (χ4v) is 5.12. The zero-order chi connectivity index (χ0) is 19.0. The van der Waals surface area contributed by atoms with E-state index in [0.29, 0.717) is 36.5 Å². The Morgan fingerprint density at radius 2 is 2.00 bits per heavy atom. The Labute approximate surface area is 158 Å². The molecule has 1 atom stereocenters. The Hall–Kier alpha value is -2.45. The van der Waals surface area contributed by atoms with Crippen LogP contribution in [0.25, 0.3) is 6.08 Å². The van der Waals surface area contributed by atoms with Crippen LogP contribution < -0.4 is 9.62 Å². The first kappa shape index (κ1) is 17.9. The van der Waals surface area contributed by atoms with Crippen LogP contribution in [0.1, 0.15) is 30.4 Å². The molecule has 2 heterocycles. The summed E-state index contributed by atoms with van der Waals surface area (Å²) >= 11 is 0. The van der Waals surface area contributed by atoms with Crippen LogP contribution in [-0.2, 0) is 28.3 Å². The van der Waals surface area contributed by atoms with E-state index in [1.807, 2.05) is 24.3 Å². The van der Waals surface area contributed by atoms with Gasteiger partial charge in [-0.15, -0.1) is 0 Å². The summed E-state index contributed by atoms with van der Waals surface area (Å²) in [7, 11) is -1.96. The van der Waals surface area contributed by atoms with Gasteiger partial charge in [0.15, 0.2) is 0 Å². The number of anilines is 1. The molecule has 8 heteroatoms. The van der Waals surface area contributed by atoms with Crippen LogP contribution in [-0.4, -0.2) is 36.7 Å². The molecule has 0 saturated carbocycles. The molecule has 1 aromatic carbocycles. The largest absolute Gasteiger partial charge is 0.296 e. The normalized spacial score (nSPS) is 20.3. The number of fused-ring (bicyclic) bond motifs is 1. The molecular formula is C19H22N4O3S. The van der Waals surface area contributed by atoms with Gasteiger partial charge in [0.2, 0.25) is 15.9 Å². The van der Waals surface area contributed by atoms with Crippen LogP contribution in [0.2, 0.25) is 0 Å². The number of hydrogen-bond donors (Lipinski definition) is 1. The number of benzene rings is 1. The quantitative estimate of drug-likeness (QED) is 0.869. The first-order chi connectivity index (χ1) is 13.0. The number of allylic oxidation sites excluding steroid dienone is 1. The summed E-state index contributed by atoms with van der Waals surface area (Å²) in [4.78, 5) is 14.8. The Balaban J connectivity index is 1.55. The maximum atomic E-state index is 12.9. The summed E-state index contributed by atoms with van der Waals surface area (Å²) in [5.41, 5.74) is 2.07. The zero-order valence-corrected chi connectivity index (χ0v) is 15.9. The smallest absolute Gasteiger partial charge is 0.246 e. The summed E-state index contributed by atoms with van der Waals surface area (Å²) in [5, 5.41) is 4.10. The lowest BCUT2D eigenvalue weighted by molar-refractivity contribution is -0.121. The number of aryl methyl sites for hydroxylation is 2. The van der Waals surface area contributed by atoms with Gasteiger partial charge < -0.3 is 0 Å². The third-order valence-corrected chi connectivity index (χ3v) is 6.77. The fraction of sp³-hybridized carbons (Fsp3) is 0.368. The number of nitrogens with one attached hydrogen (secondary N) is 1. The van der Waals surface area contributed by atoms with E-state index in [0.717, 1.165) is 17.5 Å². The lowest BCUT2D eigenvalue weighted by Crippen LogP contribution is -2.53. The van der Waals surface area contributed by atoms with Crippen molar-refractivity contribution >= 4 is 27.8 Å². The van der Waals surface area contributed by atoms with Gasteiger partial charge in [-0.3, -0.25) is 14.4 Å². The van der Waals surface area contributed by atoms with Crippen LogP contribution in [0.15, 0.2) is 41.4 Å². The van der Waals surface area contributed by atoms with E-state index < -0.39 is 16.1 Å². The first-order valence-electron chi connectivity index (χ1n) is 9.06. The number of aromatic nitrogens is 2. The topological polar surface area (TPSA) is 84.3 Å². The number of hydrogen-bond acceptors (Lipinski definition) is 4. The minimum atomic E-state index is -3.72. The van der Waals surface area contributed by atoms with E-state index >= 15 is 0 Å². The number of amides is 1. The Morgan fingerprint density at radius 3 is 2.78 bits per heavy atom. The van der Waals surface area contributed by atoms with E-state index in [9.17, 15) is 13.2 Å². The minimum absolute atomic E-state index is 0.231. The van der Waals surface area contributed by atoms with Gasteiger partial charge in [0.05, 0.1) is 11.1 Å². The predicted octanol–water partition coefficient (Wildman–Crippen LogP) is 1.82. The highest BCUT2D eigenvalue weighted by atomic mass is 32.2. The van der Waals surface area contributed by atoms with E-state index in [1.54, 1.807) is 35.0 Å². The predicted molar refractivity (Wildman–Crippen MR) is 103 cm³/mol. The molecule has 7 nitrogen and oxygen atoms in total. The molecule has 1 aliphatic carbocycles. The number of carbonyl (C=O) groups is 1. The second-order valence-corrected chi connectivity index (χ2v) is 8.70. The second-order valence-electron chi connectivity index (χ2n) is 6.93. The van der Waals surface area contributed by atoms with Crippen molar-refractivity contribution in [3.63, 3.8) is 0 Å². The monoisotopic (exact) mass is 386 g/mol. The molecule has 2 aromatic rings. The number of carbonyl (C=O) groups excluding carboxylic acids is 1. The Bertz CT molecular complexity index is 1010. The minimum Gasteiger partial charge on any atom is -0.296 e. The van der Waals surface area contributed by atoms with Gasteiger partial charge in [0.1, 0.15) is 11.9 Å². The third kappa shape index (κ3) is 3.42. The van der Waals surface area contributed by atoms with E-state index in [4.69, 9.17) is 0 Å². The molecule has 1 saturated heterocycles. The number of piperidine rings is 1. The molecule has 1 fully saturated rings. The van der Waals surface area contributed by atoms with Gasteiger partial charge in [-0.1, -0.05) is 24.3 Å². The van der Waals surface area contributed by atoms with Crippen LogP contribution in [0, 0.1) is 0 Å². The molecule has 4 rings (SSSR count). The fourth-order valence-electron chi connectivity index (χ4n) is 3.72. The van der Waals surface area contributed by atoms with Crippen LogP contribution >= 0.6 is 0 Å². The molecule has 0 radical (unpaired) electrons. The molecule has 2 aliphatic rings. The number of rotatable bonds is 4. The molecule has 1 aromatic heterocycles. The van der Waals surface area contributed by atoms with Crippen molar-refractivity contribution in [3.8, 4) is 0 Å². The average Bonchev–Trinajstić information content (AvgIpc) is 3.08. The molecule has 1 aliphatic heterocycles. The first-order valence-corrected chi connectivity index (χ1v) is 10.5. The van der Waals surface area contributed by atoms with Crippen molar-refractivity contribution in [2.45, 2.75) is 31.7 Å². The molecule has 1 N–H and O–H groups in total. The summed E-state index contributed by atoms with van der Waals surface area (Å²) in [6.45, 7) is 0.562.